The second-order valence-corrected chi connectivity index (χ2v) is 7.56. The summed E-state index contributed by atoms with van der Waals surface area (Å²) >= 11 is 0. The molecule has 2 aromatic heterocycles. The minimum absolute atomic E-state index is 0.00742. The smallest absolute Gasteiger partial charge is 0.338 e. The van der Waals surface area contributed by atoms with Gasteiger partial charge in [0.15, 0.2) is 0 Å². The summed E-state index contributed by atoms with van der Waals surface area (Å²) in [6.07, 6.45) is 5.76. The molecule has 3 atom stereocenters. The molecule has 7 heteroatoms. The van der Waals surface area contributed by atoms with Gasteiger partial charge in [0.1, 0.15) is 0 Å². The van der Waals surface area contributed by atoms with Crippen LogP contribution in [0.15, 0.2) is 61.1 Å². The van der Waals surface area contributed by atoms with Crippen LogP contribution in [-0.4, -0.2) is 43.1 Å². The quantitative estimate of drug-likeness (QED) is 0.571. The van der Waals surface area contributed by atoms with E-state index in [1.807, 2.05) is 30.3 Å². The number of aromatic nitrogens is 3. The molecule has 0 radical (unpaired) electrons. The van der Waals surface area contributed by atoms with Gasteiger partial charge in [-0.05, 0) is 42.5 Å². The minimum Gasteiger partial charge on any atom is -0.478 e. The van der Waals surface area contributed by atoms with Crippen LogP contribution in [0.25, 0.3) is 11.3 Å². The van der Waals surface area contributed by atoms with Crippen LogP contribution in [0.5, 0.6) is 0 Å². The van der Waals surface area contributed by atoms with Crippen molar-refractivity contribution in [3.8, 4) is 11.3 Å². The third kappa shape index (κ3) is 4.70. The molecular formula is C22H24N4O3. The number of pyridine rings is 1. The number of hydrogen-bond donors (Lipinski definition) is 3. The monoisotopic (exact) mass is 392 g/mol. The average molecular weight is 392 g/mol. The number of aromatic carboxylic acids is 1. The Morgan fingerprint density at radius 3 is 2.86 bits per heavy atom. The number of rotatable bonds is 7. The summed E-state index contributed by atoms with van der Waals surface area (Å²) in [5.74, 6) is -0.723. The van der Waals surface area contributed by atoms with Crippen molar-refractivity contribution in [3.05, 3.63) is 72.2 Å². The predicted octanol–water partition coefficient (Wildman–Crippen LogP) is 2.57. The van der Waals surface area contributed by atoms with E-state index in [1.54, 1.807) is 17.1 Å². The Hall–Kier alpha value is -3.03. The second kappa shape index (κ2) is 8.55. The maximum atomic E-state index is 11.0. The highest BCUT2D eigenvalue weighted by Crippen LogP contribution is 2.28. The van der Waals surface area contributed by atoms with Crippen molar-refractivity contribution in [1.29, 1.82) is 0 Å². The van der Waals surface area contributed by atoms with Crippen LogP contribution in [0.3, 0.4) is 0 Å². The number of carboxylic acids is 1. The van der Waals surface area contributed by atoms with Crippen LogP contribution in [0.4, 0.5) is 0 Å². The highest BCUT2D eigenvalue weighted by molar-refractivity contribution is 5.86. The first-order valence-electron chi connectivity index (χ1n) is 9.76. The lowest BCUT2D eigenvalue weighted by molar-refractivity contribution is 0.0696. The molecule has 1 unspecified atom stereocenters. The zero-order valence-electron chi connectivity index (χ0n) is 16.0. The van der Waals surface area contributed by atoms with Gasteiger partial charge in [0.25, 0.3) is 0 Å². The zero-order chi connectivity index (χ0) is 20.2. The lowest BCUT2D eigenvalue weighted by Crippen LogP contribution is -2.35. The van der Waals surface area contributed by atoms with Crippen LogP contribution in [0.2, 0.25) is 0 Å². The fraction of sp³-hybridized carbons (Fsp3) is 0.318. The molecule has 1 saturated carbocycles. The summed E-state index contributed by atoms with van der Waals surface area (Å²) in [7, 11) is 0. The number of benzene rings is 1. The van der Waals surface area contributed by atoms with Crippen LogP contribution < -0.4 is 5.32 Å². The molecule has 1 aliphatic carbocycles. The van der Waals surface area contributed by atoms with Gasteiger partial charge < -0.3 is 15.5 Å². The van der Waals surface area contributed by atoms with Crippen LogP contribution in [0.1, 0.15) is 28.8 Å². The van der Waals surface area contributed by atoms with Gasteiger partial charge >= 0.3 is 5.97 Å². The molecule has 0 saturated heterocycles. The molecule has 3 aromatic rings. The fourth-order valence-electron chi connectivity index (χ4n) is 3.95. The van der Waals surface area contributed by atoms with Crippen molar-refractivity contribution in [3.63, 3.8) is 0 Å². The Bertz CT molecular complexity index is 973. The molecular weight excluding hydrogens is 368 g/mol. The second-order valence-electron chi connectivity index (χ2n) is 7.56. The third-order valence-corrected chi connectivity index (χ3v) is 5.41. The first-order chi connectivity index (χ1) is 14.1. The van der Waals surface area contributed by atoms with Gasteiger partial charge in [-0.3, -0.25) is 9.67 Å². The van der Waals surface area contributed by atoms with E-state index in [0.29, 0.717) is 19.5 Å². The van der Waals surface area contributed by atoms with Gasteiger partial charge in [0, 0.05) is 37.1 Å². The molecule has 7 nitrogen and oxygen atoms in total. The highest BCUT2D eigenvalue weighted by atomic mass is 16.4. The molecule has 1 aromatic carbocycles. The molecule has 29 heavy (non-hydrogen) atoms. The van der Waals surface area contributed by atoms with E-state index in [-0.39, 0.29) is 17.5 Å². The Morgan fingerprint density at radius 1 is 1.21 bits per heavy atom. The molecule has 0 aliphatic heterocycles. The SMILES string of the molecule is O=C(O)c1cnn(CC2C[C@@H](O)[C@H](NCc3cccc(-c4ccccn4)c3)C2)c1. The predicted molar refractivity (Wildman–Crippen MR) is 108 cm³/mol. The molecule has 1 aliphatic rings. The van der Waals surface area contributed by atoms with Gasteiger partial charge in [0.2, 0.25) is 0 Å². The first-order valence-corrected chi connectivity index (χ1v) is 9.76. The number of carboxylic acid groups (broad SMARTS) is 1. The summed E-state index contributed by atoms with van der Waals surface area (Å²) in [5, 5.41) is 27.0. The Morgan fingerprint density at radius 2 is 2.10 bits per heavy atom. The summed E-state index contributed by atoms with van der Waals surface area (Å²) < 4.78 is 1.65. The summed E-state index contributed by atoms with van der Waals surface area (Å²) in [4.78, 5) is 15.4. The van der Waals surface area contributed by atoms with Gasteiger partial charge in [-0.25, -0.2) is 4.79 Å². The molecule has 150 valence electrons. The van der Waals surface area contributed by atoms with E-state index >= 15 is 0 Å². The van der Waals surface area contributed by atoms with Crippen molar-refractivity contribution in [1.82, 2.24) is 20.1 Å². The van der Waals surface area contributed by atoms with Crippen molar-refractivity contribution in [2.75, 3.05) is 0 Å². The van der Waals surface area contributed by atoms with Crippen molar-refractivity contribution >= 4 is 5.97 Å². The van der Waals surface area contributed by atoms with E-state index in [9.17, 15) is 9.90 Å². The molecule has 1 fully saturated rings. The molecule has 2 heterocycles. The number of nitrogens with zero attached hydrogens (tertiary/aromatic N) is 3. The Labute approximate surface area is 169 Å². The topological polar surface area (TPSA) is 100 Å². The average Bonchev–Trinajstić information content (AvgIpc) is 3.34. The summed E-state index contributed by atoms with van der Waals surface area (Å²) in [6, 6.07) is 14.1. The largest absolute Gasteiger partial charge is 0.478 e. The van der Waals surface area contributed by atoms with E-state index in [4.69, 9.17) is 5.11 Å². The summed E-state index contributed by atoms with van der Waals surface area (Å²) in [6.45, 7) is 1.28. The van der Waals surface area contributed by atoms with Crippen molar-refractivity contribution in [2.24, 2.45) is 5.92 Å². The number of aliphatic hydroxyl groups excluding tert-OH is 1. The molecule has 3 N–H and O–H groups in total. The Balaban J connectivity index is 1.34. The van der Waals surface area contributed by atoms with Crippen LogP contribution in [0, 0.1) is 5.92 Å². The maximum absolute atomic E-state index is 11.0. The van der Waals surface area contributed by atoms with Gasteiger partial charge in [0.05, 0.1) is 23.6 Å². The van der Waals surface area contributed by atoms with E-state index in [2.05, 4.69) is 27.5 Å². The standard InChI is InChI=1S/C22H24N4O3/c27-21-10-16(13-26-14-18(12-25-26)22(28)29)9-20(21)24-11-15-4-3-5-17(8-15)19-6-1-2-7-23-19/h1-8,12,14,16,20-21,24,27H,9-11,13H2,(H,28,29)/t16?,20-,21-/m1/s1. The highest BCUT2D eigenvalue weighted by Gasteiger charge is 2.32. The number of hydrogen-bond acceptors (Lipinski definition) is 5. The number of nitrogens with one attached hydrogen (secondary N) is 1. The van der Waals surface area contributed by atoms with E-state index in [1.165, 1.54) is 6.20 Å². The van der Waals surface area contributed by atoms with Gasteiger partial charge in [-0.1, -0.05) is 24.3 Å². The molecule has 0 bridgehead atoms. The van der Waals surface area contributed by atoms with Gasteiger partial charge in [-0.2, -0.15) is 5.10 Å². The number of aliphatic hydroxyl groups is 1. The van der Waals surface area contributed by atoms with Crippen molar-refractivity contribution in [2.45, 2.75) is 38.1 Å². The lowest BCUT2D eigenvalue weighted by Gasteiger charge is -2.17. The first kappa shape index (κ1) is 19.3. The van der Waals surface area contributed by atoms with Gasteiger partial charge in [-0.15, -0.1) is 0 Å². The van der Waals surface area contributed by atoms with E-state index in [0.717, 1.165) is 23.2 Å². The number of carbonyl (C=O) groups is 1. The minimum atomic E-state index is -0.977. The normalized spacial score (nSPS) is 21.3. The fourth-order valence-corrected chi connectivity index (χ4v) is 3.95. The lowest BCUT2D eigenvalue weighted by atomic mass is 10.1. The molecule has 4 rings (SSSR count). The van der Waals surface area contributed by atoms with Crippen LogP contribution in [-0.2, 0) is 13.1 Å². The Kier molecular flexibility index (Phi) is 5.69. The third-order valence-electron chi connectivity index (χ3n) is 5.41. The van der Waals surface area contributed by atoms with Crippen LogP contribution >= 0.6 is 0 Å². The zero-order valence-corrected chi connectivity index (χ0v) is 16.0. The summed E-state index contributed by atoms with van der Waals surface area (Å²) in [5.41, 5.74) is 3.34. The van der Waals surface area contributed by atoms with E-state index < -0.39 is 12.1 Å². The molecule has 0 amide bonds. The maximum Gasteiger partial charge on any atom is 0.338 e. The molecule has 0 spiro atoms. The van der Waals surface area contributed by atoms with Crippen molar-refractivity contribution < 1.29 is 15.0 Å².